The van der Waals surface area contributed by atoms with Crippen LogP contribution in [0.15, 0.2) is 18.2 Å². The van der Waals surface area contributed by atoms with Crippen LogP contribution in [0.25, 0.3) is 0 Å². The first kappa shape index (κ1) is 14.6. The van der Waals surface area contributed by atoms with Crippen molar-refractivity contribution in [2.24, 2.45) is 0 Å². The van der Waals surface area contributed by atoms with Gasteiger partial charge in [-0.05, 0) is 12.1 Å². The van der Waals surface area contributed by atoms with Crippen molar-refractivity contribution >= 4 is 17.4 Å². The maximum absolute atomic E-state index is 11.5. The number of benzene rings is 1. The molecule has 0 bridgehead atoms. The van der Waals surface area contributed by atoms with Crippen LogP contribution in [-0.2, 0) is 9.53 Å². The number of hydrogen-bond donors (Lipinski definition) is 0. The lowest BCUT2D eigenvalue weighted by molar-refractivity contribution is -0.385. The Labute approximate surface area is 109 Å². The number of nitro benzene ring substituents is 1. The summed E-state index contributed by atoms with van der Waals surface area (Å²) in [6, 6.07) is 3.86. The molecule has 0 amide bonds. The Morgan fingerprint density at radius 1 is 1.37 bits per heavy atom. The summed E-state index contributed by atoms with van der Waals surface area (Å²) in [4.78, 5) is 32.6. The molecule has 0 saturated heterocycles. The molecule has 0 aliphatic rings. The molecule has 0 spiro atoms. The fourth-order valence-corrected chi connectivity index (χ4v) is 1.36. The zero-order valence-corrected chi connectivity index (χ0v) is 10.5. The predicted octanol–water partition coefficient (Wildman–Crippen LogP) is 1.74. The molecule has 7 nitrogen and oxygen atoms in total. The molecule has 0 aromatic heterocycles. The number of carbonyl (C=O) groups excluding carboxylic acids is 2. The third kappa shape index (κ3) is 3.77. The van der Waals surface area contributed by atoms with Crippen LogP contribution < -0.4 is 4.74 Å². The third-order valence-electron chi connectivity index (χ3n) is 2.37. The zero-order valence-electron chi connectivity index (χ0n) is 10.5. The van der Waals surface area contributed by atoms with E-state index in [1.54, 1.807) is 6.92 Å². The number of methoxy groups -OCH3 is 1. The van der Waals surface area contributed by atoms with E-state index in [-0.39, 0.29) is 29.2 Å². The molecule has 0 unspecified atom stereocenters. The van der Waals surface area contributed by atoms with Gasteiger partial charge in [-0.2, -0.15) is 0 Å². The maximum atomic E-state index is 11.5. The number of esters is 1. The number of rotatable bonds is 6. The Morgan fingerprint density at radius 2 is 2.05 bits per heavy atom. The van der Waals surface area contributed by atoms with Crippen LogP contribution in [0.5, 0.6) is 5.75 Å². The molecular weight excluding hydrogens is 254 g/mol. The standard InChI is InChI=1S/C12H13NO6/c1-3-10(14)8-4-5-11(9(6-8)13(16)17)19-7-12(15)18-2/h4-6H,3,7H2,1-2H3. The molecule has 0 saturated carbocycles. The highest BCUT2D eigenvalue weighted by molar-refractivity contribution is 5.96. The number of carbonyl (C=O) groups is 2. The zero-order chi connectivity index (χ0) is 14.4. The summed E-state index contributed by atoms with van der Waals surface area (Å²) < 4.78 is 9.36. The molecule has 1 rings (SSSR count). The van der Waals surface area contributed by atoms with Gasteiger partial charge in [0, 0.05) is 18.1 Å². The summed E-state index contributed by atoms with van der Waals surface area (Å²) in [7, 11) is 1.18. The van der Waals surface area contributed by atoms with Crippen molar-refractivity contribution in [3.8, 4) is 5.75 Å². The van der Waals surface area contributed by atoms with Crippen LogP contribution in [0.1, 0.15) is 23.7 Å². The highest BCUT2D eigenvalue weighted by Crippen LogP contribution is 2.28. The Hall–Kier alpha value is -2.44. The van der Waals surface area contributed by atoms with Gasteiger partial charge in [-0.3, -0.25) is 14.9 Å². The summed E-state index contributed by atoms with van der Waals surface area (Å²) in [5, 5.41) is 10.9. The summed E-state index contributed by atoms with van der Waals surface area (Å²) in [6.45, 7) is 1.23. The molecule has 1 aromatic rings. The number of nitro groups is 1. The lowest BCUT2D eigenvalue weighted by Gasteiger charge is -2.06. The van der Waals surface area contributed by atoms with Gasteiger partial charge >= 0.3 is 11.7 Å². The van der Waals surface area contributed by atoms with Crippen molar-refractivity contribution in [1.82, 2.24) is 0 Å². The molecule has 19 heavy (non-hydrogen) atoms. The average molecular weight is 267 g/mol. The van der Waals surface area contributed by atoms with Gasteiger partial charge in [0.15, 0.2) is 18.1 Å². The van der Waals surface area contributed by atoms with Crippen LogP contribution >= 0.6 is 0 Å². The second kappa shape index (κ2) is 6.48. The monoisotopic (exact) mass is 267 g/mol. The lowest BCUT2D eigenvalue weighted by atomic mass is 10.1. The first-order chi connectivity index (χ1) is 8.99. The van der Waals surface area contributed by atoms with E-state index in [1.807, 2.05) is 0 Å². The number of Topliss-reactive ketones (excluding diaryl/α,β-unsaturated/α-hetero) is 1. The van der Waals surface area contributed by atoms with E-state index >= 15 is 0 Å². The van der Waals surface area contributed by atoms with Crippen LogP contribution in [0.2, 0.25) is 0 Å². The fraction of sp³-hybridized carbons (Fsp3) is 0.333. The van der Waals surface area contributed by atoms with Gasteiger partial charge in [0.1, 0.15) is 0 Å². The van der Waals surface area contributed by atoms with Crippen LogP contribution in [-0.4, -0.2) is 30.4 Å². The first-order valence-corrected chi connectivity index (χ1v) is 5.50. The minimum absolute atomic E-state index is 0.0805. The molecule has 0 aliphatic carbocycles. The molecule has 0 fully saturated rings. The van der Waals surface area contributed by atoms with Gasteiger partial charge in [-0.15, -0.1) is 0 Å². The van der Waals surface area contributed by atoms with Crippen LogP contribution in [0.3, 0.4) is 0 Å². The number of ether oxygens (including phenoxy) is 2. The van der Waals surface area contributed by atoms with Gasteiger partial charge in [0.25, 0.3) is 0 Å². The van der Waals surface area contributed by atoms with E-state index in [2.05, 4.69) is 4.74 Å². The van der Waals surface area contributed by atoms with Crippen molar-refractivity contribution in [2.75, 3.05) is 13.7 Å². The topological polar surface area (TPSA) is 95.7 Å². The molecule has 0 atom stereocenters. The first-order valence-electron chi connectivity index (χ1n) is 5.50. The van der Waals surface area contributed by atoms with Gasteiger partial charge in [0.05, 0.1) is 12.0 Å². The van der Waals surface area contributed by atoms with Crippen molar-refractivity contribution < 1.29 is 24.0 Å². The van der Waals surface area contributed by atoms with Gasteiger partial charge in [-0.25, -0.2) is 4.79 Å². The Bertz CT molecular complexity index is 511. The number of nitrogens with zero attached hydrogens (tertiary/aromatic N) is 1. The Kier molecular flexibility index (Phi) is 4.99. The molecule has 0 aliphatic heterocycles. The lowest BCUT2D eigenvalue weighted by Crippen LogP contribution is -2.13. The minimum atomic E-state index is -0.668. The average Bonchev–Trinajstić information content (AvgIpc) is 2.43. The largest absolute Gasteiger partial charge is 0.475 e. The van der Waals surface area contributed by atoms with E-state index in [1.165, 1.54) is 19.2 Å². The van der Waals surface area contributed by atoms with E-state index in [0.29, 0.717) is 0 Å². The van der Waals surface area contributed by atoms with E-state index in [0.717, 1.165) is 6.07 Å². The second-order valence-corrected chi connectivity index (χ2v) is 3.58. The summed E-state index contributed by atoms with van der Waals surface area (Å²) in [6.07, 6.45) is 0.250. The predicted molar refractivity (Wildman–Crippen MR) is 65.2 cm³/mol. The smallest absolute Gasteiger partial charge is 0.343 e. The van der Waals surface area contributed by atoms with E-state index < -0.39 is 17.5 Å². The normalized spacial score (nSPS) is 9.79. The van der Waals surface area contributed by atoms with Crippen molar-refractivity contribution in [3.63, 3.8) is 0 Å². The quantitative estimate of drug-likeness (QED) is 0.337. The second-order valence-electron chi connectivity index (χ2n) is 3.58. The molecule has 7 heteroatoms. The summed E-state index contributed by atoms with van der Waals surface area (Å²) >= 11 is 0. The van der Waals surface area contributed by atoms with Gasteiger partial charge in [0.2, 0.25) is 0 Å². The Balaban J connectivity index is 3.01. The molecule has 0 N–H and O–H groups in total. The van der Waals surface area contributed by atoms with Gasteiger partial charge < -0.3 is 9.47 Å². The van der Waals surface area contributed by atoms with Crippen molar-refractivity contribution in [3.05, 3.63) is 33.9 Å². The van der Waals surface area contributed by atoms with Gasteiger partial charge in [-0.1, -0.05) is 6.92 Å². The number of hydrogen-bond acceptors (Lipinski definition) is 6. The highest BCUT2D eigenvalue weighted by Gasteiger charge is 2.19. The molecule has 0 heterocycles. The summed E-state index contributed by atoms with van der Waals surface area (Å²) in [5.74, 6) is -0.936. The SMILES string of the molecule is CCC(=O)c1ccc(OCC(=O)OC)c([N+](=O)[O-])c1. The third-order valence-corrected chi connectivity index (χ3v) is 2.37. The molecule has 1 aromatic carbocycles. The Morgan fingerprint density at radius 3 is 2.58 bits per heavy atom. The van der Waals surface area contributed by atoms with E-state index in [9.17, 15) is 19.7 Å². The minimum Gasteiger partial charge on any atom is -0.475 e. The highest BCUT2D eigenvalue weighted by atomic mass is 16.6. The summed E-state index contributed by atoms with van der Waals surface area (Å²) in [5.41, 5.74) is -0.122. The van der Waals surface area contributed by atoms with E-state index in [4.69, 9.17) is 4.74 Å². The van der Waals surface area contributed by atoms with Crippen molar-refractivity contribution in [1.29, 1.82) is 0 Å². The fourth-order valence-electron chi connectivity index (χ4n) is 1.36. The maximum Gasteiger partial charge on any atom is 0.343 e. The number of ketones is 1. The van der Waals surface area contributed by atoms with Crippen LogP contribution in [0.4, 0.5) is 5.69 Å². The molecule has 0 radical (unpaired) electrons. The van der Waals surface area contributed by atoms with Crippen LogP contribution in [0, 0.1) is 10.1 Å². The molecule has 102 valence electrons. The molecular formula is C12H13NO6. The van der Waals surface area contributed by atoms with Crippen molar-refractivity contribution in [2.45, 2.75) is 13.3 Å².